The van der Waals surface area contributed by atoms with Gasteiger partial charge < -0.3 is 19.9 Å². The van der Waals surface area contributed by atoms with Gasteiger partial charge >= 0.3 is 5.97 Å². The van der Waals surface area contributed by atoms with E-state index in [0.29, 0.717) is 25.8 Å². The molecular weight excluding hydrogens is 480 g/mol. The van der Waals surface area contributed by atoms with Crippen molar-refractivity contribution >= 4 is 18.0 Å². The first kappa shape index (κ1) is 26.3. The molecule has 7 nitrogen and oxygen atoms in total. The van der Waals surface area contributed by atoms with Crippen LogP contribution in [0.25, 0.3) is 6.08 Å². The molecule has 3 atom stereocenters. The van der Waals surface area contributed by atoms with Gasteiger partial charge in [-0.25, -0.2) is 0 Å². The van der Waals surface area contributed by atoms with Crippen molar-refractivity contribution in [3.63, 3.8) is 0 Å². The number of amides is 1. The first-order valence-electron chi connectivity index (χ1n) is 13.6. The summed E-state index contributed by atoms with van der Waals surface area (Å²) in [6.07, 6.45) is 8.67. The summed E-state index contributed by atoms with van der Waals surface area (Å²) in [7, 11) is 1.62. The highest BCUT2D eigenvalue weighted by Crippen LogP contribution is 2.54. The van der Waals surface area contributed by atoms with E-state index in [2.05, 4.69) is 10.2 Å². The van der Waals surface area contributed by atoms with Crippen molar-refractivity contribution in [2.24, 2.45) is 5.92 Å². The monoisotopic (exact) mass is 518 g/mol. The molecule has 3 fully saturated rings. The van der Waals surface area contributed by atoms with Crippen LogP contribution in [-0.4, -0.2) is 60.3 Å². The van der Waals surface area contributed by atoms with Crippen LogP contribution in [0, 0.1) is 5.92 Å². The Morgan fingerprint density at radius 2 is 1.95 bits per heavy atom. The van der Waals surface area contributed by atoms with E-state index in [9.17, 15) is 14.7 Å². The number of phenolic OH excluding ortho intramolecular Hbond substituents is 1. The molecule has 5 rings (SSSR count). The number of likely N-dealkylation sites (tertiary alicyclic amines) is 1. The van der Waals surface area contributed by atoms with E-state index in [-0.39, 0.29) is 23.7 Å². The van der Waals surface area contributed by atoms with Gasteiger partial charge in [-0.2, -0.15) is 0 Å². The summed E-state index contributed by atoms with van der Waals surface area (Å²) in [6.45, 7) is 4.09. The van der Waals surface area contributed by atoms with Gasteiger partial charge in [0.05, 0.1) is 7.11 Å². The van der Waals surface area contributed by atoms with Gasteiger partial charge in [0.25, 0.3) is 0 Å². The van der Waals surface area contributed by atoms with Gasteiger partial charge in [0.15, 0.2) is 0 Å². The van der Waals surface area contributed by atoms with Crippen molar-refractivity contribution in [3.05, 3.63) is 65.7 Å². The minimum atomic E-state index is -0.711. The van der Waals surface area contributed by atoms with Crippen LogP contribution < -0.4 is 10.1 Å². The molecule has 7 heteroatoms. The van der Waals surface area contributed by atoms with E-state index in [1.165, 1.54) is 19.8 Å². The number of phenols is 1. The molecule has 1 saturated heterocycles. The number of benzene rings is 2. The zero-order valence-corrected chi connectivity index (χ0v) is 22.3. The van der Waals surface area contributed by atoms with Crippen LogP contribution in [0.15, 0.2) is 54.6 Å². The third-order valence-electron chi connectivity index (χ3n) is 8.52. The number of carbonyl (C=O) groups is 2. The highest BCUT2D eigenvalue weighted by molar-refractivity contribution is 5.92. The summed E-state index contributed by atoms with van der Waals surface area (Å²) < 4.78 is 11.6. The lowest BCUT2D eigenvalue weighted by atomic mass is 9.55. The summed E-state index contributed by atoms with van der Waals surface area (Å²) in [4.78, 5) is 27.9. The highest BCUT2D eigenvalue weighted by atomic mass is 16.6. The fraction of sp³-hybridized carbons (Fsp3) is 0.484. The van der Waals surface area contributed by atoms with Crippen molar-refractivity contribution in [1.29, 1.82) is 0 Å². The number of hydrogen-bond acceptors (Lipinski definition) is 6. The molecule has 0 aromatic heterocycles. The average Bonchev–Trinajstić information content (AvgIpc) is 3.71. The number of fused-ring (bicyclic) bond motifs is 1. The molecule has 38 heavy (non-hydrogen) atoms. The van der Waals surface area contributed by atoms with Gasteiger partial charge in [-0.15, -0.1) is 0 Å². The van der Waals surface area contributed by atoms with E-state index in [1.807, 2.05) is 42.5 Å². The van der Waals surface area contributed by atoms with Crippen LogP contribution in [-0.2, 0) is 19.7 Å². The summed E-state index contributed by atoms with van der Waals surface area (Å²) in [5.41, 5.74) is 0.633. The van der Waals surface area contributed by atoms with Crippen molar-refractivity contribution in [2.75, 3.05) is 26.7 Å². The molecule has 2 aromatic carbocycles. The third kappa shape index (κ3) is 5.58. The number of aromatic hydroxyl groups is 1. The molecule has 0 radical (unpaired) electrons. The van der Waals surface area contributed by atoms with Crippen molar-refractivity contribution in [1.82, 2.24) is 10.2 Å². The zero-order chi connectivity index (χ0) is 26.8. The number of rotatable bonds is 8. The topological polar surface area (TPSA) is 88.1 Å². The van der Waals surface area contributed by atoms with Crippen LogP contribution in [0.5, 0.6) is 11.5 Å². The molecule has 1 amide bonds. The fourth-order valence-corrected chi connectivity index (χ4v) is 6.60. The van der Waals surface area contributed by atoms with Gasteiger partial charge in [-0.1, -0.05) is 24.3 Å². The number of nitrogens with zero attached hydrogens (tertiary/aromatic N) is 1. The number of ether oxygens (including phenoxy) is 2. The first-order chi connectivity index (χ1) is 18.3. The Morgan fingerprint density at radius 1 is 1.13 bits per heavy atom. The summed E-state index contributed by atoms with van der Waals surface area (Å²) >= 11 is 0. The van der Waals surface area contributed by atoms with E-state index in [1.54, 1.807) is 25.3 Å². The molecule has 3 aliphatic rings. The molecule has 1 heterocycles. The molecule has 2 aromatic rings. The SMILES string of the molecule is COc1cccc(/C=C/C(=O)NC2CCC3(OC(C)=O)CN(CC4CC4)CCC3(c3cccc(O)c3)C2)c1. The number of carbonyl (C=O) groups excluding carboxylic acids is 2. The minimum absolute atomic E-state index is 0.0847. The largest absolute Gasteiger partial charge is 0.508 e. The quantitative estimate of drug-likeness (QED) is 0.397. The van der Waals surface area contributed by atoms with Gasteiger partial charge in [0.1, 0.15) is 17.1 Å². The van der Waals surface area contributed by atoms with E-state index in [0.717, 1.165) is 42.3 Å². The van der Waals surface area contributed by atoms with Crippen molar-refractivity contribution in [3.8, 4) is 11.5 Å². The van der Waals surface area contributed by atoms with Gasteiger partial charge in [0.2, 0.25) is 5.91 Å². The van der Waals surface area contributed by atoms with Gasteiger partial charge in [-0.05, 0) is 92.5 Å². The maximum atomic E-state index is 13.0. The number of esters is 1. The smallest absolute Gasteiger partial charge is 0.303 e. The maximum Gasteiger partial charge on any atom is 0.303 e. The second kappa shape index (κ2) is 10.8. The third-order valence-corrected chi connectivity index (χ3v) is 8.52. The van der Waals surface area contributed by atoms with Crippen LogP contribution in [0.1, 0.15) is 56.6 Å². The van der Waals surface area contributed by atoms with Gasteiger partial charge in [-0.3, -0.25) is 14.5 Å². The van der Waals surface area contributed by atoms with Crippen LogP contribution in [0.3, 0.4) is 0 Å². The number of methoxy groups -OCH3 is 1. The lowest BCUT2D eigenvalue weighted by Crippen LogP contribution is -2.68. The van der Waals surface area contributed by atoms with Crippen molar-refractivity contribution in [2.45, 2.75) is 62.5 Å². The van der Waals surface area contributed by atoms with Crippen molar-refractivity contribution < 1.29 is 24.2 Å². The number of piperidine rings is 1. The number of hydrogen-bond donors (Lipinski definition) is 2. The molecule has 202 valence electrons. The lowest BCUT2D eigenvalue weighted by molar-refractivity contribution is -0.187. The molecular formula is C31H38N2O5. The zero-order valence-electron chi connectivity index (χ0n) is 22.3. The Morgan fingerprint density at radius 3 is 2.68 bits per heavy atom. The Labute approximate surface area is 224 Å². The first-order valence-corrected chi connectivity index (χ1v) is 13.6. The predicted octanol–water partition coefficient (Wildman–Crippen LogP) is 4.44. The minimum Gasteiger partial charge on any atom is -0.508 e. The Bertz CT molecular complexity index is 1210. The van der Waals surface area contributed by atoms with Crippen LogP contribution in [0.4, 0.5) is 0 Å². The standard InChI is InChI=1S/C31H38N2O5/c1-22(34)38-31-14-13-26(32-29(36)12-11-23-5-3-8-28(17-23)37-2)19-30(31,25-6-4-7-27(35)18-25)15-16-33(21-31)20-24-9-10-24/h3-8,11-12,17-18,24,26,35H,9-10,13-16,19-21H2,1-2H3,(H,32,36)/b12-11+. The van der Waals surface area contributed by atoms with E-state index >= 15 is 0 Å². The Kier molecular flexibility index (Phi) is 7.48. The summed E-state index contributed by atoms with van der Waals surface area (Å²) in [5.74, 6) is 1.23. The molecule has 0 spiro atoms. The maximum absolute atomic E-state index is 13.0. The van der Waals surface area contributed by atoms with E-state index < -0.39 is 11.0 Å². The lowest BCUT2D eigenvalue weighted by Gasteiger charge is -2.59. The predicted molar refractivity (Wildman–Crippen MR) is 146 cm³/mol. The second-order valence-electron chi connectivity index (χ2n) is 11.2. The summed E-state index contributed by atoms with van der Waals surface area (Å²) in [6, 6.07) is 14.8. The molecule has 1 aliphatic heterocycles. The normalized spacial score (nSPS) is 27.5. The van der Waals surface area contributed by atoms with Crippen LogP contribution in [0.2, 0.25) is 0 Å². The molecule has 2 aliphatic carbocycles. The molecule has 0 bridgehead atoms. The fourth-order valence-electron chi connectivity index (χ4n) is 6.60. The Hall–Kier alpha value is -3.32. The number of nitrogens with one attached hydrogen (secondary N) is 1. The Balaban J connectivity index is 1.40. The molecule has 2 saturated carbocycles. The van der Waals surface area contributed by atoms with E-state index in [4.69, 9.17) is 9.47 Å². The highest BCUT2D eigenvalue weighted by Gasteiger charge is 2.61. The van der Waals surface area contributed by atoms with Crippen LogP contribution >= 0.6 is 0 Å². The summed E-state index contributed by atoms with van der Waals surface area (Å²) in [5, 5.41) is 13.6. The second-order valence-corrected chi connectivity index (χ2v) is 11.2. The van der Waals surface area contributed by atoms with Gasteiger partial charge in [0, 0.05) is 37.5 Å². The molecule has 3 unspecified atom stereocenters. The molecule has 2 N–H and O–H groups in total. The average molecular weight is 519 g/mol.